The third-order valence-corrected chi connectivity index (χ3v) is 5.87. The maximum Gasteiger partial charge on any atom is 0.344 e. The predicted molar refractivity (Wildman–Crippen MR) is 109 cm³/mol. The molecule has 0 saturated carbocycles. The van der Waals surface area contributed by atoms with Crippen LogP contribution in [-0.2, 0) is 26.0 Å². The van der Waals surface area contributed by atoms with Gasteiger partial charge in [-0.1, -0.05) is 17.7 Å². The van der Waals surface area contributed by atoms with Crippen LogP contribution in [0.3, 0.4) is 0 Å². The van der Waals surface area contributed by atoms with E-state index in [2.05, 4.69) is 0 Å². The highest BCUT2D eigenvalue weighted by Gasteiger charge is 2.26. The fraction of sp³-hybridized carbons (Fsp3) is 0.333. The van der Waals surface area contributed by atoms with Crippen molar-refractivity contribution in [2.24, 2.45) is 0 Å². The minimum atomic E-state index is -3.34. The summed E-state index contributed by atoms with van der Waals surface area (Å²) in [6, 6.07) is 10.4. The Kier molecular flexibility index (Phi) is 5.93. The van der Waals surface area contributed by atoms with E-state index in [0.717, 1.165) is 22.9 Å². The monoisotopic (exact) mass is 417 g/mol. The minimum absolute atomic E-state index is 0.287. The molecular weight excluding hydrogens is 394 g/mol. The van der Waals surface area contributed by atoms with Crippen LogP contribution in [0.1, 0.15) is 27.0 Å². The number of fused-ring (bicyclic) bond motifs is 1. The van der Waals surface area contributed by atoms with Crippen molar-refractivity contribution in [1.82, 2.24) is 0 Å². The number of ether oxygens (including phenoxy) is 2. The molecule has 8 heteroatoms. The summed E-state index contributed by atoms with van der Waals surface area (Å²) in [5.41, 5.74) is 3.75. The van der Waals surface area contributed by atoms with E-state index in [1.54, 1.807) is 24.3 Å². The summed E-state index contributed by atoms with van der Waals surface area (Å²) in [5, 5.41) is 0. The van der Waals surface area contributed by atoms with E-state index in [-0.39, 0.29) is 12.4 Å². The molecule has 0 amide bonds. The molecule has 1 heterocycles. The molecule has 0 spiro atoms. The highest BCUT2D eigenvalue weighted by atomic mass is 32.2. The van der Waals surface area contributed by atoms with Crippen LogP contribution in [0.25, 0.3) is 0 Å². The summed E-state index contributed by atoms with van der Waals surface area (Å²) in [6.45, 7) is 3.52. The van der Waals surface area contributed by atoms with Gasteiger partial charge in [-0.25, -0.2) is 13.2 Å². The van der Waals surface area contributed by atoms with Crippen LogP contribution < -0.4 is 9.04 Å². The van der Waals surface area contributed by atoms with Crippen LogP contribution in [-0.4, -0.2) is 46.2 Å². The lowest BCUT2D eigenvalue weighted by Gasteiger charge is -2.16. The Bertz CT molecular complexity index is 1060. The van der Waals surface area contributed by atoms with Gasteiger partial charge in [-0.2, -0.15) is 0 Å². The molecule has 0 saturated heterocycles. The van der Waals surface area contributed by atoms with Gasteiger partial charge in [0.1, 0.15) is 5.75 Å². The number of benzene rings is 2. The van der Waals surface area contributed by atoms with Gasteiger partial charge in [-0.3, -0.25) is 9.10 Å². The molecule has 0 fully saturated rings. The maximum atomic E-state index is 12.3. The second-order valence-corrected chi connectivity index (χ2v) is 8.98. The Labute approximate surface area is 170 Å². The van der Waals surface area contributed by atoms with Gasteiger partial charge in [0.05, 0.1) is 11.9 Å². The molecule has 29 heavy (non-hydrogen) atoms. The molecule has 0 bridgehead atoms. The number of rotatable bonds is 7. The number of sulfonamides is 1. The molecule has 0 atom stereocenters. The Hall–Kier alpha value is -2.87. The van der Waals surface area contributed by atoms with Crippen LogP contribution in [0, 0.1) is 13.8 Å². The molecule has 1 aliphatic heterocycles. The number of carbonyl (C=O) groups is 2. The molecule has 0 aromatic heterocycles. The Balaban J connectivity index is 1.55. The highest BCUT2D eigenvalue weighted by molar-refractivity contribution is 7.92. The van der Waals surface area contributed by atoms with Crippen LogP contribution in [0.2, 0.25) is 0 Å². The summed E-state index contributed by atoms with van der Waals surface area (Å²) in [6.07, 6.45) is 1.69. The molecule has 0 N–H and O–H groups in total. The first-order chi connectivity index (χ1) is 13.6. The summed E-state index contributed by atoms with van der Waals surface area (Å²) in [7, 11) is -3.34. The van der Waals surface area contributed by atoms with E-state index < -0.39 is 22.6 Å². The van der Waals surface area contributed by atoms with Crippen molar-refractivity contribution in [2.45, 2.75) is 20.3 Å². The van der Waals surface area contributed by atoms with Crippen molar-refractivity contribution in [3.05, 3.63) is 58.7 Å². The zero-order chi connectivity index (χ0) is 21.2. The molecule has 3 rings (SSSR count). The molecule has 1 aliphatic rings. The van der Waals surface area contributed by atoms with Gasteiger partial charge in [-0.05, 0) is 55.7 Å². The van der Waals surface area contributed by atoms with Crippen molar-refractivity contribution in [2.75, 3.05) is 30.3 Å². The minimum Gasteiger partial charge on any atom is -0.482 e. The van der Waals surface area contributed by atoms with Crippen molar-refractivity contribution in [3.63, 3.8) is 0 Å². The quantitative estimate of drug-likeness (QED) is 0.508. The third-order valence-electron chi connectivity index (χ3n) is 4.69. The fourth-order valence-corrected chi connectivity index (χ4v) is 4.22. The predicted octanol–water partition coefficient (Wildman–Crippen LogP) is 2.43. The van der Waals surface area contributed by atoms with E-state index >= 15 is 0 Å². The number of aryl methyl sites for hydroxylation is 2. The van der Waals surface area contributed by atoms with E-state index in [4.69, 9.17) is 9.47 Å². The number of carbonyl (C=O) groups excluding carboxylic acids is 2. The molecule has 0 aliphatic carbocycles. The van der Waals surface area contributed by atoms with Gasteiger partial charge in [-0.15, -0.1) is 0 Å². The number of Topliss-reactive ketones (excluding diaryl/α,β-unsaturated/α-hetero) is 1. The second kappa shape index (κ2) is 8.24. The first kappa shape index (κ1) is 20.9. The number of esters is 1. The largest absolute Gasteiger partial charge is 0.482 e. The number of nitrogens with zero attached hydrogens (tertiary/aromatic N) is 1. The van der Waals surface area contributed by atoms with Gasteiger partial charge in [0.25, 0.3) is 0 Å². The lowest BCUT2D eigenvalue weighted by molar-refractivity contribution is -0.144. The summed E-state index contributed by atoms with van der Waals surface area (Å²) in [4.78, 5) is 24.2. The number of hydrogen-bond acceptors (Lipinski definition) is 6. The Morgan fingerprint density at radius 3 is 2.52 bits per heavy atom. The average Bonchev–Trinajstić information content (AvgIpc) is 3.09. The number of ketones is 1. The van der Waals surface area contributed by atoms with E-state index in [1.807, 2.05) is 26.0 Å². The van der Waals surface area contributed by atoms with Crippen molar-refractivity contribution < 1.29 is 27.5 Å². The molecule has 154 valence electrons. The van der Waals surface area contributed by atoms with E-state index in [9.17, 15) is 18.0 Å². The molecule has 0 unspecified atom stereocenters. The fourth-order valence-electron chi connectivity index (χ4n) is 3.26. The lowest BCUT2D eigenvalue weighted by atomic mass is 10.1. The lowest BCUT2D eigenvalue weighted by Crippen LogP contribution is -2.27. The first-order valence-corrected chi connectivity index (χ1v) is 11.0. The molecule has 2 aromatic carbocycles. The Morgan fingerprint density at radius 1 is 1.07 bits per heavy atom. The van der Waals surface area contributed by atoms with Crippen LogP contribution in [0.5, 0.6) is 5.75 Å². The van der Waals surface area contributed by atoms with Crippen LogP contribution in [0.4, 0.5) is 5.69 Å². The van der Waals surface area contributed by atoms with Crippen molar-refractivity contribution >= 4 is 27.5 Å². The van der Waals surface area contributed by atoms with Crippen molar-refractivity contribution in [3.8, 4) is 5.75 Å². The van der Waals surface area contributed by atoms with Gasteiger partial charge in [0.15, 0.2) is 19.0 Å². The standard InChI is InChI=1S/C21H23NO6S/c1-14-4-7-20(15(2)10-14)27-13-21(24)28-12-19(23)17-5-6-18-16(11-17)8-9-22(18)29(3,25)26/h4-7,10-11H,8-9,12-13H2,1-3H3. The topological polar surface area (TPSA) is 90.0 Å². The number of hydrogen-bond donors (Lipinski definition) is 0. The zero-order valence-electron chi connectivity index (χ0n) is 16.6. The maximum absolute atomic E-state index is 12.3. The summed E-state index contributed by atoms with van der Waals surface area (Å²) >= 11 is 0. The van der Waals surface area contributed by atoms with E-state index in [0.29, 0.717) is 30.0 Å². The van der Waals surface area contributed by atoms with E-state index in [1.165, 1.54) is 4.31 Å². The Morgan fingerprint density at radius 2 is 1.83 bits per heavy atom. The SMILES string of the molecule is Cc1ccc(OCC(=O)OCC(=O)c2ccc3c(c2)CCN3S(C)(=O)=O)c(C)c1. The van der Waals surface area contributed by atoms with Crippen LogP contribution >= 0.6 is 0 Å². The molecule has 7 nitrogen and oxygen atoms in total. The number of anilines is 1. The molecule has 2 aromatic rings. The summed E-state index contributed by atoms with van der Waals surface area (Å²) in [5.74, 6) is -0.402. The van der Waals surface area contributed by atoms with Crippen LogP contribution in [0.15, 0.2) is 36.4 Å². The third kappa shape index (κ3) is 4.95. The molecule has 0 radical (unpaired) electrons. The van der Waals surface area contributed by atoms with Gasteiger partial charge in [0.2, 0.25) is 10.0 Å². The van der Waals surface area contributed by atoms with Gasteiger partial charge < -0.3 is 9.47 Å². The highest BCUT2D eigenvalue weighted by Crippen LogP contribution is 2.30. The zero-order valence-corrected chi connectivity index (χ0v) is 17.4. The first-order valence-electron chi connectivity index (χ1n) is 9.14. The second-order valence-electron chi connectivity index (χ2n) is 7.07. The average molecular weight is 417 g/mol. The summed E-state index contributed by atoms with van der Waals surface area (Å²) < 4.78 is 35.4. The normalized spacial score (nSPS) is 13.1. The smallest absolute Gasteiger partial charge is 0.344 e. The van der Waals surface area contributed by atoms with Crippen molar-refractivity contribution in [1.29, 1.82) is 0 Å². The van der Waals surface area contributed by atoms with Gasteiger partial charge >= 0.3 is 5.97 Å². The van der Waals surface area contributed by atoms with Gasteiger partial charge in [0, 0.05) is 12.1 Å². The molecular formula is C21H23NO6S.